The summed E-state index contributed by atoms with van der Waals surface area (Å²) in [4.78, 5) is 0. The molecular formula is C17H28. The molecule has 0 aromatic carbocycles. The van der Waals surface area contributed by atoms with Crippen molar-refractivity contribution in [2.45, 2.75) is 60.8 Å². The summed E-state index contributed by atoms with van der Waals surface area (Å²) >= 11 is 0. The SMILES string of the molecule is CC.CC(C)=C/C=C(\C)CC1=CC=C(C)CC1. The quantitative estimate of drug-likeness (QED) is 0.525. The molecule has 0 aromatic rings. The summed E-state index contributed by atoms with van der Waals surface area (Å²) in [7, 11) is 0. The summed E-state index contributed by atoms with van der Waals surface area (Å²) in [6.45, 7) is 12.7. The van der Waals surface area contributed by atoms with Crippen molar-refractivity contribution in [3.05, 3.63) is 46.6 Å². The molecule has 0 heteroatoms. The van der Waals surface area contributed by atoms with Crippen LogP contribution in [0.15, 0.2) is 46.6 Å². The first-order valence-electron chi connectivity index (χ1n) is 6.74. The molecule has 0 bridgehead atoms. The Hall–Kier alpha value is -1.04. The van der Waals surface area contributed by atoms with Gasteiger partial charge in [-0.3, -0.25) is 0 Å². The molecule has 0 heterocycles. The molecule has 1 aliphatic rings. The maximum absolute atomic E-state index is 2.29. The van der Waals surface area contributed by atoms with Crippen molar-refractivity contribution in [1.82, 2.24) is 0 Å². The maximum atomic E-state index is 2.29. The van der Waals surface area contributed by atoms with Gasteiger partial charge < -0.3 is 0 Å². The number of hydrogen-bond donors (Lipinski definition) is 0. The topological polar surface area (TPSA) is 0 Å². The third-order valence-corrected chi connectivity index (χ3v) is 2.65. The van der Waals surface area contributed by atoms with Crippen molar-refractivity contribution in [2.75, 3.05) is 0 Å². The Kier molecular flexibility index (Phi) is 8.49. The normalized spacial score (nSPS) is 15.3. The summed E-state index contributed by atoms with van der Waals surface area (Å²) in [5, 5.41) is 0. The highest BCUT2D eigenvalue weighted by Gasteiger charge is 2.03. The van der Waals surface area contributed by atoms with E-state index in [-0.39, 0.29) is 0 Å². The van der Waals surface area contributed by atoms with E-state index in [1.54, 1.807) is 5.57 Å². The van der Waals surface area contributed by atoms with Crippen LogP contribution in [-0.4, -0.2) is 0 Å². The Balaban J connectivity index is 0.00000121. The Morgan fingerprint density at radius 2 is 1.71 bits per heavy atom. The molecule has 0 aliphatic heterocycles. The lowest BCUT2D eigenvalue weighted by molar-refractivity contribution is 0.865. The van der Waals surface area contributed by atoms with Crippen molar-refractivity contribution in [2.24, 2.45) is 0 Å². The average molecular weight is 232 g/mol. The van der Waals surface area contributed by atoms with Gasteiger partial charge in [0.1, 0.15) is 0 Å². The van der Waals surface area contributed by atoms with E-state index in [2.05, 4.69) is 52.0 Å². The van der Waals surface area contributed by atoms with Gasteiger partial charge in [-0.25, -0.2) is 0 Å². The third-order valence-electron chi connectivity index (χ3n) is 2.65. The van der Waals surface area contributed by atoms with E-state index in [0.717, 1.165) is 6.42 Å². The standard InChI is InChI=1S/C15H22.C2H6/c1-12(2)5-6-14(4)11-15-9-7-13(3)8-10-15;1-2/h5-7,9H,8,10-11H2,1-4H3;1-2H3/b14-6+;. The fourth-order valence-corrected chi connectivity index (χ4v) is 1.66. The van der Waals surface area contributed by atoms with E-state index in [1.165, 1.54) is 29.6 Å². The first-order chi connectivity index (χ1) is 8.08. The lowest BCUT2D eigenvalue weighted by Gasteiger charge is -2.12. The van der Waals surface area contributed by atoms with Crippen LogP contribution in [0.25, 0.3) is 0 Å². The Labute approximate surface area is 108 Å². The van der Waals surface area contributed by atoms with Crippen LogP contribution in [0.3, 0.4) is 0 Å². The molecule has 0 atom stereocenters. The van der Waals surface area contributed by atoms with E-state index in [4.69, 9.17) is 0 Å². The summed E-state index contributed by atoms with van der Waals surface area (Å²) in [6, 6.07) is 0. The zero-order valence-electron chi connectivity index (χ0n) is 12.4. The van der Waals surface area contributed by atoms with Crippen molar-refractivity contribution in [3.8, 4) is 0 Å². The molecule has 0 unspecified atom stereocenters. The van der Waals surface area contributed by atoms with Gasteiger partial charge in [-0.2, -0.15) is 0 Å². The van der Waals surface area contributed by atoms with Gasteiger partial charge in [-0.1, -0.05) is 60.4 Å². The predicted molar refractivity (Wildman–Crippen MR) is 80.2 cm³/mol. The van der Waals surface area contributed by atoms with Gasteiger partial charge in [-0.05, 0) is 47.0 Å². The Morgan fingerprint density at radius 1 is 1.06 bits per heavy atom. The first-order valence-corrected chi connectivity index (χ1v) is 6.74. The zero-order chi connectivity index (χ0) is 13.3. The van der Waals surface area contributed by atoms with Crippen molar-refractivity contribution >= 4 is 0 Å². The van der Waals surface area contributed by atoms with Crippen LogP contribution in [0.4, 0.5) is 0 Å². The highest BCUT2D eigenvalue weighted by molar-refractivity contribution is 5.27. The molecule has 0 amide bonds. The molecule has 1 aliphatic carbocycles. The van der Waals surface area contributed by atoms with Crippen LogP contribution < -0.4 is 0 Å². The number of allylic oxidation sites excluding steroid dienone is 8. The Morgan fingerprint density at radius 3 is 2.18 bits per heavy atom. The molecule has 96 valence electrons. The van der Waals surface area contributed by atoms with Gasteiger partial charge in [-0.15, -0.1) is 0 Å². The van der Waals surface area contributed by atoms with Gasteiger partial charge in [0, 0.05) is 0 Å². The van der Waals surface area contributed by atoms with E-state index < -0.39 is 0 Å². The summed E-state index contributed by atoms with van der Waals surface area (Å²) in [5.74, 6) is 0. The van der Waals surface area contributed by atoms with Gasteiger partial charge in [0.2, 0.25) is 0 Å². The molecule has 0 saturated carbocycles. The lowest BCUT2D eigenvalue weighted by Crippen LogP contribution is -1.92. The van der Waals surface area contributed by atoms with E-state index in [9.17, 15) is 0 Å². The fraction of sp³-hybridized carbons (Fsp3) is 0.529. The molecule has 0 N–H and O–H groups in total. The van der Waals surface area contributed by atoms with Crippen LogP contribution >= 0.6 is 0 Å². The van der Waals surface area contributed by atoms with Gasteiger partial charge in [0.05, 0.1) is 0 Å². The fourth-order valence-electron chi connectivity index (χ4n) is 1.66. The minimum Gasteiger partial charge on any atom is -0.0764 e. The smallest absolute Gasteiger partial charge is 0.0105 e. The summed E-state index contributed by atoms with van der Waals surface area (Å²) in [5.41, 5.74) is 5.89. The molecule has 0 spiro atoms. The minimum atomic E-state index is 1.13. The van der Waals surface area contributed by atoms with Crippen molar-refractivity contribution in [3.63, 3.8) is 0 Å². The summed E-state index contributed by atoms with van der Waals surface area (Å²) < 4.78 is 0. The van der Waals surface area contributed by atoms with E-state index in [1.807, 2.05) is 13.8 Å². The Bertz CT molecular complexity index is 331. The van der Waals surface area contributed by atoms with Crippen molar-refractivity contribution in [1.29, 1.82) is 0 Å². The van der Waals surface area contributed by atoms with Crippen LogP contribution in [0.2, 0.25) is 0 Å². The second-order valence-corrected chi connectivity index (χ2v) is 4.77. The zero-order valence-corrected chi connectivity index (χ0v) is 12.4. The van der Waals surface area contributed by atoms with Crippen LogP contribution in [0.1, 0.15) is 60.8 Å². The van der Waals surface area contributed by atoms with E-state index >= 15 is 0 Å². The minimum absolute atomic E-state index is 1.13. The van der Waals surface area contributed by atoms with Gasteiger partial charge in [0.25, 0.3) is 0 Å². The summed E-state index contributed by atoms with van der Waals surface area (Å²) in [6.07, 6.45) is 12.6. The highest BCUT2D eigenvalue weighted by atomic mass is 14.1. The molecule has 1 rings (SSSR count). The second kappa shape index (κ2) is 9.04. The van der Waals surface area contributed by atoms with Crippen LogP contribution in [-0.2, 0) is 0 Å². The van der Waals surface area contributed by atoms with E-state index in [0.29, 0.717) is 0 Å². The molecular weight excluding hydrogens is 204 g/mol. The van der Waals surface area contributed by atoms with Crippen LogP contribution in [0, 0.1) is 0 Å². The van der Waals surface area contributed by atoms with Crippen LogP contribution in [0.5, 0.6) is 0 Å². The van der Waals surface area contributed by atoms with Gasteiger partial charge >= 0.3 is 0 Å². The lowest BCUT2D eigenvalue weighted by atomic mass is 9.94. The second-order valence-electron chi connectivity index (χ2n) is 4.77. The molecule has 0 nitrogen and oxygen atoms in total. The molecule has 0 fully saturated rings. The predicted octanol–water partition coefficient (Wildman–Crippen LogP) is 5.98. The van der Waals surface area contributed by atoms with Gasteiger partial charge in [0.15, 0.2) is 0 Å². The number of rotatable bonds is 3. The van der Waals surface area contributed by atoms with Crippen molar-refractivity contribution < 1.29 is 0 Å². The first kappa shape index (κ1) is 16.0. The maximum Gasteiger partial charge on any atom is -0.0105 e. The molecule has 0 radical (unpaired) electrons. The molecule has 0 aromatic heterocycles. The third kappa shape index (κ3) is 7.79. The highest BCUT2D eigenvalue weighted by Crippen LogP contribution is 2.23. The number of hydrogen-bond acceptors (Lipinski definition) is 0. The molecule has 17 heavy (non-hydrogen) atoms. The largest absolute Gasteiger partial charge is 0.0764 e. The average Bonchev–Trinajstić information content (AvgIpc) is 2.32. The monoisotopic (exact) mass is 232 g/mol. The molecule has 0 saturated heterocycles.